The van der Waals surface area contributed by atoms with Crippen LogP contribution < -0.4 is 0 Å². The third kappa shape index (κ3) is 7.93. The molecule has 8 nitrogen and oxygen atoms in total. The normalized spacial score (nSPS) is 22.8. The Morgan fingerprint density at radius 3 is 1.74 bits per heavy atom. The van der Waals surface area contributed by atoms with Gasteiger partial charge in [0, 0.05) is 0 Å². The average Bonchev–Trinajstić information content (AvgIpc) is 2.98. The molecule has 1 saturated heterocycles. The highest BCUT2D eigenvalue weighted by Gasteiger charge is 2.51. The van der Waals surface area contributed by atoms with Gasteiger partial charge in [0.05, 0.1) is 24.3 Å². The van der Waals surface area contributed by atoms with E-state index in [2.05, 4.69) is 33.9 Å². The predicted molar refractivity (Wildman–Crippen MR) is 160 cm³/mol. The lowest BCUT2D eigenvalue weighted by Gasteiger charge is -2.45. The number of benzene rings is 3. The van der Waals surface area contributed by atoms with Crippen LogP contribution in [-0.2, 0) is 30.0 Å². The van der Waals surface area contributed by atoms with Gasteiger partial charge >= 0.3 is 11.9 Å². The molecule has 9 heteroatoms. The highest BCUT2D eigenvalue weighted by molar-refractivity contribution is 6.74. The minimum atomic E-state index is -2.25. The second kappa shape index (κ2) is 13.8. The summed E-state index contributed by atoms with van der Waals surface area (Å²) in [6, 6.07) is 26.5. The zero-order valence-electron chi connectivity index (χ0n) is 24.8. The summed E-state index contributed by atoms with van der Waals surface area (Å²) in [5, 5.41) is 11.1. The van der Waals surface area contributed by atoms with Gasteiger partial charge in [-0.2, -0.15) is 0 Å². The van der Waals surface area contributed by atoms with Crippen molar-refractivity contribution in [2.75, 3.05) is 6.61 Å². The Morgan fingerprint density at radius 2 is 1.24 bits per heavy atom. The van der Waals surface area contributed by atoms with Gasteiger partial charge < -0.3 is 28.5 Å². The standard InChI is InChI=1S/C33H40O8Si/c1-33(2,3)42(4,5)38-22-26-27(40-30(34)24-17-11-7-12-18-24)28(37-21-23-15-9-6-10-16-23)29(32(36)39-26)41-31(35)25-19-13-8-14-20-25/h6-20,26-29,32,36H,21-22H2,1-5H3/t26-,27-,28+,29-,32?/m1/s1. The minimum Gasteiger partial charge on any atom is -0.453 e. The third-order valence-electron chi connectivity index (χ3n) is 7.81. The SMILES string of the molecule is CC(C)(C)[Si](C)(C)OC[C@H]1OC(O)[C@H](OC(=O)c2ccccc2)[C@@H](OCc2ccccc2)[C@@H]1OC(=O)c1ccccc1. The van der Waals surface area contributed by atoms with Crippen molar-refractivity contribution in [2.24, 2.45) is 0 Å². The van der Waals surface area contributed by atoms with Crippen LogP contribution in [0.5, 0.6) is 0 Å². The van der Waals surface area contributed by atoms with Crippen LogP contribution in [0.25, 0.3) is 0 Å². The molecule has 42 heavy (non-hydrogen) atoms. The molecule has 1 aliphatic rings. The Labute approximate surface area is 248 Å². The predicted octanol–water partition coefficient (Wildman–Crippen LogP) is 5.76. The van der Waals surface area contributed by atoms with Gasteiger partial charge in [0.25, 0.3) is 0 Å². The summed E-state index contributed by atoms with van der Waals surface area (Å²) >= 11 is 0. The fourth-order valence-electron chi connectivity index (χ4n) is 4.29. The summed E-state index contributed by atoms with van der Waals surface area (Å²) < 4.78 is 30.6. The van der Waals surface area contributed by atoms with Gasteiger partial charge in [0.15, 0.2) is 26.8 Å². The first-order chi connectivity index (χ1) is 20.0. The van der Waals surface area contributed by atoms with Crippen LogP contribution in [0, 0.1) is 0 Å². The van der Waals surface area contributed by atoms with Gasteiger partial charge in [-0.05, 0) is 48.0 Å². The summed E-state index contributed by atoms with van der Waals surface area (Å²) in [6.07, 6.45) is -5.88. The molecule has 4 rings (SSSR count). The number of hydrogen-bond donors (Lipinski definition) is 1. The highest BCUT2D eigenvalue weighted by atomic mass is 28.4. The maximum Gasteiger partial charge on any atom is 0.338 e. The monoisotopic (exact) mass is 592 g/mol. The van der Waals surface area contributed by atoms with E-state index in [0.29, 0.717) is 11.1 Å². The second-order valence-corrected chi connectivity index (χ2v) is 16.7. The molecule has 0 bridgehead atoms. The summed E-state index contributed by atoms with van der Waals surface area (Å²) in [5.74, 6) is -1.26. The van der Waals surface area contributed by atoms with Gasteiger partial charge in [-0.3, -0.25) is 0 Å². The van der Waals surface area contributed by atoms with Crippen molar-refractivity contribution in [3.8, 4) is 0 Å². The number of carbonyl (C=O) groups excluding carboxylic acids is 2. The molecule has 3 aromatic rings. The Morgan fingerprint density at radius 1 is 0.762 bits per heavy atom. The van der Waals surface area contributed by atoms with Crippen molar-refractivity contribution < 1.29 is 38.1 Å². The van der Waals surface area contributed by atoms with E-state index in [-0.39, 0.29) is 18.3 Å². The molecule has 0 aromatic heterocycles. The van der Waals surface area contributed by atoms with Crippen LogP contribution in [-0.4, -0.2) is 62.7 Å². The Kier molecular flexibility index (Phi) is 10.3. The van der Waals surface area contributed by atoms with E-state index < -0.39 is 51.0 Å². The van der Waals surface area contributed by atoms with Crippen molar-refractivity contribution in [2.45, 2.75) is 76.2 Å². The summed E-state index contributed by atoms with van der Waals surface area (Å²) in [5.41, 5.74) is 1.49. The van der Waals surface area contributed by atoms with E-state index in [1.807, 2.05) is 30.3 Å². The Bertz CT molecular complexity index is 1290. The summed E-state index contributed by atoms with van der Waals surface area (Å²) in [4.78, 5) is 26.4. The molecule has 1 fully saturated rings. The molecule has 0 amide bonds. The number of aliphatic hydroxyl groups excluding tert-OH is 1. The van der Waals surface area contributed by atoms with Crippen molar-refractivity contribution >= 4 is 20.3 Å². The molecule has 3 aromatic carbocycles. The lowest BCUT2D eigenvalue weighted by molar-refractivity contribution is -0.293. The number of hydrogen-bond acceptors (Lipinski definition) is 8. The number of rotatable bonds is 10. The van der Waals surface area contributed by atoms with Crippen LogP contribution in [0.3, 0.4) is 0 Å². The van der Waals surface area contributed by atoms with E-state index in [0.717, 1.165) is 5.56 Å². The minimum absolute atomic E-state index is 0.0465. The van der Waals surface area contributed by atoms with Crippen LogP contribution in [0.15, 0.2) is 91.0 Å². The van der Waals surface area contributed by atoms with Crippen molar-refractivity contribution in [3.05, 3.63) is 108 Å². The number of carbonyl (C=O) groups is 2. The van der Waals surface area contributed by atoms with Gasteiger partial charge in [-0.15, -0.1) is 0 Å². The van der Waals surface area contributed by atoms with Gasteiger partial charge in [-0.1, -0.05) is 87.5 Å². The Balaban J connectivity index is 1.67. The molecule has 5 atom stereocenters. The average molecular weight is 593 g/mol. The molecule has 1 N–H and O–H groups in total. The molecule has 0 saturated carbocycles. The first kappa shape index (κ1) is 31.6. The third-order valence-corrected chi connectivity index (χ3v) is 12.3. The van der Waals surface area contributed by atoms with Crippen molar-refractivity contribution in [1.29, 1.82) is 0 Å². The molecule has 0 radical (unpaired) electrons. The van der Waals surface area contributed by atoms with E-state index in [1.54, 1.807) is 60.7 Å². The second-order valence-electron chi connectivity index (χ2n) is 11.9. The number of aliphatic hydroxyl groups is 1. The first-order valence-corrected chi connectivity index (χ1v) is 17.0. The molecule has 1 unspecified atom stereocenters. The van der Waals surface area contributed by atoms with Gasteiger partial charge in [0.2, 0.25) is 0 Å². The van der Waals surface area contributed by atoms with Crippen LogP contribution in [0.1, 0.15) is 47.1 Å². The van der Waals surface area contributed by atoms with E-state index >= 15 is 0 Å². The molecule has 224 valence electrons. The topological polar surface area (TPSA) is 101 Å². The van der Waals surface area contributed by atoms with Gasteiger partial charge in [-0.25, -0.2) is 9.59 Å². The first-order valence-electron chi connectivity index (χ1n) is 14.1. The molecular formula is C33H40O8Si. The summed E-state index contributed by atoms with van der Waals surface area (Å²) in [6.45, 7) is 10.7. The Hall–Kier alpha value is -3.34. The largest absolute Gasteiger partial charge is 0.453 e. The van der Waals surface area contributed by atoms with Crippen LogP contribution >= 0.6 is 0 Å². The maximum absolute atomic E-state index is 13.3. The quantitative estimate of drug-likeness (QED) is 0.234. The fourth-order valence-corrected chi connectivity index (χ4v) is 5.31. The molecule has 0 aliphatic carbocycles. The zero-order chi connectivity index (χ0) is 30.3. The highest BCUT2D eigenvalue weighted by Crippen LogP contribution is 2.38. The maximum atomic E-state index is 13.3. The van der Waals surface area contributed by atoms with Crippen LogP contribution in [0.4, 0.5) is 0 Å². The number of ether oxygens (including phenoxy) is 4. The van der Waals surface area contributed by atoms with E-state index in [4.69, 9.17) is 23.4 Å². The lowest BCUT2D eigenvalue weighted by atomic mass is 9.98. The summed E-state index contributed by atoms with van der Waals surface area (Å²) in [7, 11) is -2.25. The van der Waals surface area contributed by atoms with Crippen LogP contribution in [0.2, 0.25) is 18.1 Å². The van der Waals surface area contributed by atoms with E-state index in [1.165, 1.54) is 0 Å². The molecule has 1 heterocycles. The smallest absolute Gasteiger partial charge is 0.338 e. The number of esters is 2. The zero-order valence-corrected chi connectivity index (χ0v) is 25.8. The van der Waals surface area contributed by atoms with Gasteiger partial charge in [0.1, 0.15) is 12.2 Å². The van der Waals surface area contributed by atoms with Crippen molar-refractivity contribution in [1.82, 2.24) is 0 Å². The molecule has 1 aliphatic heterocycles. The fraction of sp³-hybridized carbons (Fsp3) is 0.394. The molecular weight excluding hydrogens is 552 g/mol. The molecule has 0 spiro atoms. The van der Waals surface area contributed by atoms with E-state index in [9.17, 15) is 14.7 Å². The van der Waals surface area contributed by atoms with Crippen molar-refractivity contribution in [3.63, 3.8) is 0 Å². The lowest BCUT2D eigenvalue weighted by Crippen LogP contribution is -2.62.